The van der Waals surface area contributed by atoms with Crippen molar-refractivity contribution in [2.24, 2.45) is 0 Å². The number of carbonyl (C=O) groups excluding carboxylic acids is 2. The maximum atomic E-state index is 12.5. The zero-order valence-corrected chi connectivity index (χ0v) is 16.7. The molecule has 0 saturated carbocycles. The third kappa shape index (κ3) is 4.63. The Balaban J connectivity index is 1.20. The summed E-state index contributed by atoms with van der Waals surface area (Å²) in [5, 5.41) is 3.55. The van der Waals surface area contributed by atoms with Gasteiger partial charge in [0.15, 0.2) is 11.5 Å². The van der Waals surface area contributed by atoms with E-state index in [4.69, 9.17) is 21.1 Å². The van der Waals surface area contributed by atoms with Crippen molar-refractivity contribution < 1.29 is 19.1 Å². The Morgan fingerprint density at radius 2 is 1.62 bits per heavy atom. The van der Waals surface area contributed by atoms with Crippen LogP contribution in [-0.4, -0.2) is 67.7 Å². The molecule has 2 amide bonds. The molecule has 29 heavy (non-hydrogen) atoms. The Morgan fingerprint density at radius 1 is 0.931 bits per heavy atom. The van der Waals surface area contributed by atoms with Crippen LogP contribution in [0.3, 0.4) is 0 Å². The molecule has 1 N–H and O–H groups in total. The van der Waals surface area contributed by atoms with Crippen LogP contribution in [0.2, 0.25) is 5.02 Å². The van der Waals surface area contributed by atoms with Crippen LogP contribution < -0.4 is 14.8 Å². The van der Waals surface area contributed by atoms with Crippen LogP contribution in [0.1, 0.15) is 20.7 Å². The van der Waals surface area contributed by atoms with E-state index in [1.54, 1.807) is 42.5 Å². The number of benzene rings is 2. The van der Waals surface area contributed by atoms with Gasteiger partial charge in [0.25, 0.3) is 11.8 Å². The second kappa shape index (κ2) is 8.71. The normalized spacial score (nSPS) is 16.0. The minimum Gasteiger partial charge on any atom is -0.454 e. The molecule has 2 heterocycles. The number of fused-ring (bicyclic) bond motifs is 1. The summed E-state index contributed by atoms with van der Waals surface area (Å²) in [5.74, 6) is 1.14. The van der Waals surface area contributed by atoms with Gasteiger partial charge in [-0.25, -0.2) is 0 Å². The summed E-state index contributed by atoms with van der Waals surface area (Å²) in [4.78, 5) is 29.0. The van der Waals surface area contributed by atoms with Gasteiger partial charge in [-0.2, -0.15) is 0 Å². The van der Waals surface area contributed by atoms with Crippen LogP contribution in [0.15, 0.2) is 42.5 Å². The number of piperazine rings is 1. The predicted molar refractivity (Wildman–Crippen MR) is 109 cm³/mol. The van der Waals surface area contributed by atoms with E-state index in [1.807, 2.05) is 4.90 Å². The number of rotatable bonds is 5. The summed E-state index contributed by atoms with van der Waals surface area (Å²) in [6.45, 7) is 4.35. The molecule has 8 heteroatoms. The number of halogens is 1. The van der Waals surface area contributed by atoms with Gasteiger partial charge in [-0.05, 0) is 42.5 Å². The third-order valence-corrected chi connectivity index (χ3v) is 5.35. The fourth-order valence-corrected chi connectivity index (χ4v) is 3.54. The lowest BCUT2D eigenvalue weighted by atomic mass is 10.2. The van der Waals surface area contributed by atoms with Gasteiger partial charge in [-0.1, -0.05) is 11.6 Å². The van der Waals surface area contributed by atoms with Gasteiger partial charge < -0.3 is 19.7 Å². The van der Waals surface area contributed by atoms with E-state index in [9.17, 15) is 9.59 Å². The molecule has 2 aromatic rings. The Bertz CT molecular complexity index is 895. The van der Waals surface area contributed by atoms with Gasteiger partial charge in [0.2, 0.25) is 6.79 Å². The third-order valence-electron chi connectivity index (χ3n) is 5.10. The largest absolute Gasteiger partial charge is 0.454 e. The van der Waals surface area contributed by atoms with E-state index in [2.05, 4.69) is 10.2 Å². The van der Waals surface area contributed by atoms with Gasteiger partial charge in [-0.15, -0.1) is 0 Å². The van der Waals surface area contributed by atoms with Crippen LogP contribution in [0.5, 0.6) is 11.5 Å². The van der Waals surface area contributed by atoms with E-state index >= 15 is 0 Å². The molecule has 0 aromatic heterocycles. The minimum atomic E-state index is -0.139. The summed E-state index contributed by atoms with van der Waals surface area (Å²) in [7, 11) is 0. The highest BCUT2D eigenvalue weighted by Crippen LogP contribution is 2.32. The molecule has 0 aliphatic carbocycles. The van der Waals surface area contributed by atoms with E-state index in [0.717, 1.165) is 19.6 Å². The smallest absolute Gasteiger partial charge is 0.253 e. The highest BCUT2D eigenvalue weighted by atomic mass is 35.5. The van der Waals surface area contributed by atoms with Crippen LogP contribution in [0, 0.1) is 0 Å². The van der Waals surface area contributed by atoms with Crippen molar-refractivity contribution in [2.75, 3.05) is 46.1 Å². The van der Waals surface area contributed by atoms with Crippen molar-refractivity contribution in [3.63, 3.8) is 0 Å². The fourth-order valence-electron chi connectivity index (χ4n) is 3.42. The maximum Gasteiger partial charge on any atom is 0.253 e. The second-order valence-corrected chi connectivity index (χ2v) is 7.40. The van der Waals surface area contributed by atoms with Crippen molar-refractivity contribution in [3.05, 3.63) is 58.6 Å². The lowest BCUT2D eigenvalue weighted by Gasteiger charge is -2.34. The van der Waals surface area contributed by atoms with E-state index in [1.165, 1.54) is 0 Å². The summed E-state index contributed by atoms with van der Waals surface area (Å²) in [6, 6.07) is 12.1. The van der Waals surface area contributed by atoms with Crippen molar-refractivity contribution in [1.29, 1.82) is 0 Å². The average molecular weight is 416 g/mol. The molecule has 152 valence electrons. The molecule has 0 spiro atoms. The van der Waals surface area contributed by atoms with E-state index in [0.29, 0.717) is 47.3 Å². The molecule has 2 aromatic carbocycles. The Morgan fingerprint density at radius 3 is 2.38 bits per heavy atom. The van der Waals surface area contributed by atoms with Gasteiger partial charge in [0.05, 0.1) is 0 Å². The number of hydrogen-bond donors (Lipinski definition) is 1. The van der Waals surface area contributed by atoms with Crippen LogP contribution in [0.25, 0.3) is 0 Å². The topological polar surface area (TPSA) is 71.1 Å². The zero-order valence-electron chi connectivity index (χ0n) is 15.9. The molecular formula is C21H22ClN3O4. The van der Waals surface area contributed by atoms with Crippen molar-refractivity contribution in [3.8, 4) is 11.5 Å². The lowest BCUT2D eigenvalue weighted by Crippen LogP contribution is -2.50. The summed E-state index contributed by atoms with van der Waals surface area (Å²) < 4.78 is 10.6. The Labute approximate surface area is 174 Å². The molecule has 2 aliphatic heterocycles. The molecule has 1 fully saturated rings. The number of nitrogens with one attached hydrogen (secondary N) is 1. The predicted octanol–water partition coefficient (Wildman–Crippen LogP) is 2.26. The number of amides is 2. The molecule has 0 atom stereocenters. The van der Waals surface area contributed by atoms with Gasteiger partial charge >= 0.3 is 0 Å². The maximum absolute atomic E-state index is 12.5. The quantitative estimate of drug-likeness (QED) is 0.811. The Kier molecular flexibility index (Phi) is 5.87. The first-order chi connectivity index (χ1) is 14.1. The molecule has 7 nitrogen and oxygen atoms in total. The zero-order chi connectivity index (χ0) is 20.2. The van der Waals surface area contributed by atoms with Gasteiger partial charge in [-0.3, -0.25) is 14.5 Å². The summed E-state index contributed by atoms with van der Waals surface area (Å²) in [5.41, 5.74) is 1.20. The van der Waals surface area contributed by atoms with Crippen LogP contribution in [0.4, 0.5) is 0 Å². The molecular weight excluding hydrogens is 394 g/mol. The van der Waals surface area contributed by atoms with Gasteiger partial charge in [0.1, 0.15) is 0 Å². The lowest BCUT2D eigenvalue weighted by molar-refractivity contribution is 0.0638. The second-order valence-electron chi connectivity index (χ2n) is 6.96. The number of carbonyl (C=O) groups is 2. The van der Waals surface area contributed by atoms with Crippen LogP contribution >= 0.6 is 11.6 Å². The molecule has 0 bridgehead atoms. The molecule has 0 unspecified atom stereocenters. The van der Waals surface area contributed by atoms with E-state index in [-0.39, 0.29) is 18.6 Å². The fraction of sp³-hybridized carbons (Fsp3) is 0.333. The summed E-state index contributed by atoms with van der Waals surface area (Å²) >= 11 is 5.88. The standard InChI is InChI=1S/C21H22ClN3O4/c22-17-4-1-15(2-5-17)21(27)25-11-9-24(10-12-25)8-7-23-20(26)16-3-6-18-19(13-16)29-14-28-18/h1-6,13H,7-12,14H2,(H,23,26). The van der Waals surface area contributed by atoms with Crippen molar-refractivity contribution in [2.45, 2.75) is 0 Å². The minimum absolute atomic E-state index is 0.0254. The summed E-state index contributed by atoms with van der Waals surface area (Å²) in [6.07, 6.45) is 0. The number of nitrogens with zero attached hydrogens (tertiary/aromatic N) is 2. The first kappa shape index (κ1) is 19.5. The van der Waals surface area contributed by atoms with Crippen LogP contribution in [-0.2, 0) is 0 Å². The van der Waals surface area contributed by atoms with Crippen molar-refractivity contribution in [1.82, 2.24) is 15.1 Å². The SMILES string of the molecule is O=C(NCCN1CCN(C(=O)c2ccc(Cl)cc2)CC1)c1ccc2c(c1)OCO2. The molecule has 4 rings (SSSR count). The van der Waals surface area contributed by atoms with E-state index < -0.39 is 0 Å². The van der Waals surface area contributed by atoms with Gasteiger partial charge in [0, 0.05) is 55.4 Å². The first-order valence-electron chi connectivity index (χ1n) is 9.55. The Hall–Kier alpha value is -2.77. The van der Waals surface area contributed by atoms with Crippen molar-refractivity contribution >= 4 is 23.4 Å². The molecule has 1 saturated heterocycles. The first-order valence-corrected chi connectivity index (χ1v) is 9.93. The molecule has 0 radical (unpaired) electrons. The molecule has 2 aliphatic rings. The highest BCUT2D eigenvalue weighted by molar-refractivity contribution is 6.30. The number of ether oxygens (including phenoxy) is 2. The average Bonchev–Trinajstić information content (AvgIpc) is 3.22. The number of hydrogen-bond acceptors (Lipinski definition) is 5. The monoisotopic (exact) mass is 415 g/mol. The highest BCUT2D eigenvalue weighted by Gasteiger charge is 2.22.